The second kappa shape index (κ2) is 78.0. The molecule has 594 valence electrons. The van der Waals surface area contributed by atoms with Crippen molar-refractivity contribution in [2.24, 2.45) is 0 Å². The van der Waals surface area contributed by atoms with E-state index in [-0.39, 0.29) is 38.0 Å². The highest BCUT2D eigenvalue weighted by Crippen LogP contribution is 2.45. The molecule has 0 rings (SSSR count). The van der Waals surface area contributed by atoms with Gasteiger partial charge in [0.15, 0.2) is 12.2 Å². The van der Waals surface area contributed by atoms with Crippen molar-refractivity contribution in [1.82, 2.24) is 12.3 Å². The zero-order chi connectivity index (χ0) is 77.7. The van der Waals surface area contributed by atoms with Crippen molar-refractivity contribution in [1.29, 1.82) is 0 Å². The van der Waals surface area contributed by atoms with Crippen LogP contribution in [0.3, 0.4) is 0 Å². The van der Waals surface area contributed by atoms with Crippen LogP contribution in [-0.2, 0) is 65.4 Å². The Kier molecular flexibility index (Phi) is 70.4. The Labute approximate surface area is 627 Å². The van der Waals surface area contributed by atoms with Gasteiger partial charge in [0.2, 0.25) is 0 Å². The molecule has 2 unspecified atom stereocenters. The van der Waals surface area contributed by atoms with Crippen molar-refractivity contribution in [3.8, 4) is 0 Å². The summed E-state index contributed by atoms with van der Waals surface area (Å²) in [5, 5.41) is 11.1. The largest absolute Gasteiger partial charge is 0.472 e. The molecule has 0 aliphatic carbocycles. The normalized spacial score (nSPS) is 15.5. The molecule has 0 spiro atoms. The maximum Gasteiger partial charge on any atom is 0.472 e. The summed E-state index contributed by atoms with van der Waals surface area (Å²) in [4.78, 5) is 73.6. The first kappa shape index (κ1) is 92.1. The minimum Gasteiger partial charge on any atom is -0.462 e. The number of hydrogen-bond donors (Lipinski definition) is 5. The van der Waals surface area contributed by atoms with Gasteiger partial charge in [-0.1, -0.05) is 253 Å². The molecular formula is C81H148N2O17P2. The molecule has 9 N–H and O–H groups in total. The molecule has 21 heteroatoms. The average molecular weight is 1490 g/mol. The third-order valence-electron chi connectivity index (χ3n) is 16.1. The van der Waals surface area contributed by atoms with E-state index < -0.39 is 97.4 Å². The first-order chi connectivity index (χ1) is 50.5. The number of unbranched alkanes of at least 4 members (excludes halogenated alkanes) is 32. The predicted octanol–water partition coefficient (Wildman–Crippen LogP) is 23.1. The van der Waals surface area contributed by atoms with Crippen molar-refractivity contribution >= 4 is 39.5 Å². The van der Waals surface area contributed by atoms with Crippen molar-refractivity contribution in [3.63, 3.8) is 0 Å². The maximum absolute atomic E-state index is 13.4. The fraction of sp³-hybridized carbons (Fsp3) is 0.753. The summed E-state index contributed by atoms with van der Waals surface area (Å²) < 4.78 is 109. The fourth-order valence-corrected chi connectivity index (χ4v) is 11.4. The summed E-state index contributed by atoms with van der Waals surface area (Å²) in [6.07, 6.45) is 69.8. The Morgan fingerprint density at radius 3 is 0.784 bits per heavy atom. The summed E-state index contributed by atoms with van der Waals surface area (Å²) in [5.74, 6) is -2.82. The molecule has 0 aromatic carbocycles. The molecule has 0 aliphatic rings. The van der Waals surface area contributed by atoms with E-state index in [1.54, 1.807) is 0 Å². The number of hydrogen-bond acceptors (Lipinski definition) is 17. The summed E-state index contributed by atoms with van der Waals surface area (Å²) in [5.41, 5.74) is 0. The molecule has 102 heavy (non-hydrogen) atoms. The van der Waals surface area contributed by atoms with Crippen molar-refractivity contribution < 1.29 is 87.1 Å². The highest BCUT2D eigenvalue weighted by Gasteiger charge is 2.30. The summed E-state index contributed by atoms with van der Waals surface area (Å²) >= 11 is 0. The molecule has 0 bridgehead atoms. The summed E-state index contributed by atoms with van der Waals surface area (Å²) in [6.45, 7) is -3.28. The third-order valence-corrected chi connectivity index (χ3v) is 17.7. The second-order valence-corrected chi connectivity index (χ2v) is 28.5. The minimum absolute atomic E-state index is 0. The van der Waals surface area contributed by atoms with E-state index in [0.29, 0.717) is 38.5 Å². The lowest BCUT2D eigenvalue weighted by Gasteiger charge is -2.21. The first-order valence-electron chi connectivity index (χ1n) is 41.5. The van der Waals surface area contributed by atoms with Gasteiger partial charge in [-0.25, -0.2) is 9.13 Å². The van der Waals surface area contributed by atoms with Crippen LogP contribution in [-0.4, -0.2) is 96.6 Å². The molecule has 0 heterocycles. The van der Waals surface area contributed by atoms with Gasteiger partial charge in [0.25, 0.3) is 0 Å². The zero-order valence-corrected chi connectivity index (χ0v) is 65.8. The van der Waals surface area contributed by atoms with Gasteiger partial charge in [-0.15, -0.1) is 0 Å². The van der Waals surface area contributed by atoms with Crippen LogP contribution in [0.2, 0.25) is 0 Å². The number of allylic oxidation sites excluding steroid dienone is 16. The molecule has 0 aromatic heterocycles. The molecule has 0 saturated heterocycles. The van der Waals surface area contributed by atoms with Crippen LogP contribution in [0.1, 0.15) is 343 Å². The van der Waals surface area contributed by atoms with Crippen LogP contribution in [0.15, 0.2) is 97.2 Å². The Morgan fingerprint density at radius 1 is 0.324 bits per heavy atom. The molecule has 0 radical (unpaired) electrons. The zero-order valence-electron chi connectivity index (χ0n) is 69.0. The van der Waals surface area contributed by atoms with Gasteiger partial charge in [0.05, 0.1) is 33.2 Å². The van der Waals surface area contributed by atoms with Crippen molar-refractivity contribution in [2.45, 2.75) is 354 Å². The Balaban J connectivity index is -0.0000541. The number of rotatable bonds is 74. The Bertz CT molecular complexity index is 2370. The molecule has 0 aliphatic heterocycles. The average Bonchev–Trinajstić information content (AvgIpc) is 0.756. The third kappa shape index (κ3) is 77.0. The van der Waals surface area contributed by atoms with E-state index in [9.17, 15) is 43.2 Å². The summed E-state index contributed by atoms with van der Waals surface area (Å²) in [6, 6.07) is 0. The lowest BCUT2D eigenvalue weighted by molar-refractivity contribution is -0.161. The smallest absolute Gasteiger partial charge is 0.462 e. The number of phosphoric ester groups is 2. The summed E-state index contributed by atoms with van der Waals surface area (Å²) in [7, 11) is -11.7. The predicted molar refractivity (Wildman–Crippen MR) is 419 cm³/mol. The number of phosphoric acid groups is 2. The van der Waals surface area contributed by atoms with Gasteiger partial charge in [-0.3, -0.25) is 37.3 Å². The number of ether oxygens (including phenoxy) is 4. The standard InChI is InChI=1S/C81H142O17P2.2H3N/c1-5-9-13-17-21-25-29-33-37-41-45-49-53-57-61-65-78(83)91-71-76(97-80(85)67-63-59-55-51-47-43-39-35-31-27-23-19-15-11-7-3)73-95-99(87,88)93-69-75(82)70-94-100(89,90)96-74-77(98-81(86)68-64-60-56-52-48-44-40-36-32-28-24-20-16-12-8-4)72-92-79(84)66-62-58-54-50-46-42-38-34-30-26-22-18-14-10-6-2;;/h21-28,33-40,75-77,82H,5-20,29-32,41-74H2,1-4H3,(H,87,88)(H,89,90);2*1H3/b25-21+,26-22+,27-23+,28-24+,37-33+,38-34+,39-35+,40-36+;;/t76-,77-;;/m1../s1/i69D2,70D2,75D;;. The van der Waals surface area contributed by atoms with E-state index in [4.69, 9.17) is 34.8 Å². The van der Waals surface area contributed by atoms with Gasteiger partial charge >= 0.3 is 39.5 Å². The monoisotopic (exact) mass is 1490 g/mol. The Morgan fingerprint density at radius 2 is 0.539 bits per heavy atom. The van der Waals surface area contributed by atoms with Gasteiger partial charge in [-0.2, -0.15) is 0 Å². The topological polar surface area (TPSA) is 307 Å². The number of carbonyl (C=O) groups is 4. The highest BCUT2D eigenvalue weighted by molar-refractivity contribution is 7.47. The fourth-order valence-electron chi connectivity index (χ4n) is 10.2. The van der Waals surface area contributed by atoms with E-state index in [0.717, 1.165) is 167 Å². The van der Waals surface area contributed by atoms with Crippen LogP contribution in [0.4, 0.5) is 0 Å². The second-order valence-electron chi connectivity index (χ2n) is 25.8. The van der Waals surface area contributed by atoms with E-state index in [1.807, 2.05) is 0 Å². The molecule has 0 fully saturated rings. The number of esters is 4. The van der Waals surface area contributed by atoms with E-state index in [2.05, 4.69) is 134 Å². The van der Waals surface area contributed by atoms with Crippen LogP contribution >= 0.6 is 15.6 Å². The van der Waals surface area contributed by atoms with E-state index in [1.165, 1.54) is 77.0 Å². The maximum atomic E-state index is 13.4. The van der Waals surface area contributed by atoms with Gasteiger partial charge < -0.3 is 46.1 Å². The Hall–Kier alpha value is -4.10. The lowest BCUT2D eigenvalue weighted by atomic mass is 10.1. The quantitative estimate of drug-likeness (QED) is 0.0124. The van der Waals surface area contributed by atoms with Crippen LogP contribution in [0.5, 0.6) is 0 Å². The van der Waals surface area contributed by atoms with Gasteiger partial charge in [0, 0.05) is 25.7 Å². The minimum atomic E-state index is -5.86. The van der Waals surface area contributed by atoms with Gasteiger partial charge in [-0.05, 0) is 154 Å². The van der Waals surface area contributed by atoms with Crippen molar-refractivity contribution in [2.75, 3.05) is 39.5 Å². The molecule has 4 atom stereocenters. The van der Waals surface area contributed by atoms with Crippen LogP contribution in [0.25, 0.3) is 0 Å². The van der Waals surface area contributed by atoms with Gasteiger partial charge in [0.1, 0.15) is 19.3 Å². The molecule has 19 nitrogen and oxygen atoms in total. The highest BCUT2D eigenvalue weighted by atomic mass is 31.2. The molecular weight excluding hydrogens is 1330 g/mol. The lowest BCUT2D eigenvalue weighted by Crippen LogP contribution is -2.30. The molecule has 0 amide bonds. The molecule has 0 aromatic rings. The van der Waals surface area contributed by atoms with Crippen LogP contribution < -0.4 is 12.3 Å². The number of carbonyl (C=O) groups excluding carboxylic acids is 4. The SMILES string of the molecule is N.N.[2H]C([2H])(OP(=O)(O)OC[C@@H](COC(=O)CCCCCCC/C=C/C/C=C/CCCCC)OC(=O)CCCCCCC/C=C/C/C=C/CCCCC)C([2H])(O)C([2H])([2H])OP(=O)(O)OC[C@@H](COC(=O)CCCCCCC/C=C/C/C=C/CCCCC)OC(=O)CCCCCCC/C=C/C/C=C/CCCCC. The van der Waals surface area contributed by atoms with E-state index >= 15 is 0 Å². The van der Waals surface area contributed by atoms with Crippen LogP contribution in [0, 0.1) is 0 Å². The number of aliphatic hydroxyl groups is 1. The first-order valence-corrected chi connectivity index (χ1v) is 42.0. The molecule has 0 saturated carbocycles. The van der Waals surface area contributed by atoms with Crippen molar-refractivity contribution in [3.05, 3.63) is 97.2 Å².